The van der Waals surface area contributed by atoms with Crippen LogP contribution in [-0.4, -0.2) is 46.3 Å². The third kappa shape index (κ3) is 5.10. The summed E-state index contributed by atoms with van der Waals surface area (Å²) in [6.07, 6.45) is 0.981. The van der Waals surface area contributed by atoms with E-state index >= 15 is 0 Å². The van der Waals surface area contributed by atoms with Gasteiger partial charge in [0.1, 0.15) is 12.5 Å². The summed E-state index contributed by atoms with van der Waals surface area (Å²) in [5.41, 5.74) is 3.15. The summed E-state index contributed by atoms with van der Waals surface area (Å²) < 4.78 is 15.8. The van der Waals surface area contributed by atoms with Crippen molar-refractivity contribution in [2.45, 2.75) is 25.4 Å². The van der Waals surface area contributed by atoms with E-state index in [1.165, 1.54) is 7.11 Å². The monoisotopic (exact) mass is 413 g/mol. The molecule has 7 heteroatoms. The minimum Gasteiger partial charge on any atom is -0.493 e. The Morgan fingerprint density at radius 3 is 2.43 bits per heavy atom. The number of carbonyl (C=O) groups excluding carboxylic acids is 2. The first kappa shape index (κ1) is 21.6. The Bertz CT molecular complexity index is 885. The smallest absolute Gasteiger partial charge is 0.311 e. The SMILES string of the molecule is COC(=O)C[C@@H]1c2cc(OC)c(OC)cc2CC[NH+]1CC(=O)NCc1ccccc1. The van der Waals surface area contributed by atoms with Crippen LogP contribution in [0, 0.1) is 0 Å². The summed E-state index contributed by atoms with van der Waals surface area (Å²) in [5.74, 6) is 0.926. The van der Waals surface area contributed by atoms with Crippen molar-refractivity contribution in [2.75, 3.05) is 34.4 Å². The van der Waals surface area contributed by atoms with E-state index < -0.39 is 0 Å². The summed E-state index contributed by atoms with van der Waals surface area (Å²) in [5, 5.41) is 2.98. The standard InChI is InChI=1S/C23H28N2O5/c1-28-20-11-17-9-10-25(15-22(26)24-14-16-7-5-4-6-8-16)19(13-23(27)30-3)18(17)12-21(20)29-2/h4-8,11-12,19H,9-10,13-15H2,1-3H3,(H,24,26)/p+1/t19-/m1/s1. The Morgan fingerprint density at radius 2 is 1.77 bits per heavy atom. The van der Waals surface area contributed by atoms with Crippen molar-refractivity contribution in [1.82, 2.24) is 5.32 Å². The van der Waals surface area contributed by atoms with Crippen LogP contribution in [0.15, 0.2) is 42.5 Å². The van der Waals surface area contributed by atoms with E-state index in [2.05, 4.69) is 5.32 Å². The second-order valence-electron chi connectivity index (χ2n) is 7.34. The number of rotatable bonds is 8. The van der Waals surface area contributed by atoms with Gasteiger partial charge in [-0.3, -0.25) is 9.59 Å². The normalized spacial score (nSPS) is 17.6. The van der Waals surface area contributed by atoms with Crippen molar-refractivity contribution >= 4 is 11.9 Å². The number of hydrogen-bond acceptors (Lipinski definition) is 5. The van der Waals surface area contributed by atoms with Crippen molar-refractivity contribution in [2.24, 2.45) is 0 Å². The number of ether oxygens (including phenoxy) is 3. The minimum absolute atomic E-state index is 0.0485. The van der Waals surface area contributed by atoms with Crippen molar-refractivity contribution in [3.05, 3.63) is 59.2 Å². The fourth-order valence-corrected chi connectivity index (χ4v) is 3.95. The highest BCUT2D eigenvalue weighted by atomic mass is 16.5. The summed E-state index contributed by atoms with van der Waals surface area (Å²) in [7, 11) is 4.57. The maximum Gasteiger partial charge on any atom is 0.311 e. The Morgan fingerprint density at radius 1 is 1.07 bits per heavy atom. The lowest BCUT2D eigenvalue weighted by molar-refractivity contribution is -0.925. The van der Waals surface area contributed by atoms with Gasteiger partial charge in [0.15, 0.2) is 18.0 Å². The minimum atomic E-state index is -0.301. The van der Waals surface area contributed by atoms with Gasteiger partial charge in [0.05, 0.1) is 27.9 Å². The van der Waals surface area contributed by atoms with E-state index in [1.54, 1.807) is 14.2 Å². The first-order valence-electron chi connectivity index (χ1n) is 10.0. The molecule has 2 aromatic carbocycles. The molecule has 1 unspecified atom stereocenters. The number of amides is 1. The van der Waals surface area contributed by atoms with Crippen LogP contribution < -0.4 is 19.7 Å². The molecule has 1 heterocycles. The van der Waals surface area contributed by atoms with Gasteiger partial charge in [-0.2, -0.15) is 0 Å². The molecule has 30 heavy (non-hydrogen) atoms. The molecule has 1 aliphatic heterocycles. The van der Waals surface area contributed by atoms with Gasteiger partial charge in [0.2, 0.25) is 0 Å². The molecule has 0 saturated heterocycles. The largest absolute Gasteiger partial charge is 0.493 e. The summed E-state index contributed by atoms with van der Waals surface area (Å²) in [6, 6.07) is 13.5. The van der Waals surface area contributed by atoms with E-state index in [4.69, 9.17) is 14.2 Å². The zero-order chi connectivity index (χ0) is 21.5. The third-order valence-corrected chi connectivity index (χ3v) is 5.55. The second-order valence-corrected chi connectivity index (χ2v) is 7.34. The molecule has 3 rings (SSSR count). The maximum atomic E-state index is 12.6. The van der Waals surface area contributed by atoms with Crippen molar-refractivity contribution in [3.8, 4) is 11.5 Å². The molecule has 2 N–H and O–H groups in total. The molecule has 2 atom stereocenters. The number of hydrogen-bond donors (Lipinski definition) is 2. The molecule has 0 spiro atoms. The average molecular weight is 413 g/mol. The van der Waals surface area contributed by atoms with Gasteiger partial charge in [-0.25, -0.2) is 0 Å². The van der Waals surface area contributed by atoms with Gasteiger partial charge in [-0.05, 0) is 23.3 Å². The lowest BCUT2D eigenvalue weighted by atomic mass is 9.90. The average Bonchev–Trinajstić information content (AvgIpc) is 2.78. The molecule has 1 aliphatic rings. The number of carbonyl (C=O) groups is 2. The first-order valence-corrected chi connectivity index (χ1v) is 10.0. The Hall–Kier alpha value is -3.06. The van der Waals surface area contributed by atoms with Crippen LogP contribution in [0.5, 0.6) is 11.5 Å². The molecule has 160 valence electrons. The maximum absolute atomic E-state index is 12.6. The summed E-state index contributed by atoms with van der Waals surface area (Å²) >= 11 is 0. The van der Waals surface area contributed by atoms with Crippen molar-refractivity contribution < 1.29 is 28.7 Å². The fourth-order valence-electron chi connectivity index (χ4n) is 3.95. The molecule has 0 saturated carbocycles. The van der Waals surface area contributed by atoms with Gasteiger partial charge in [0, 0.05) is 18.5 Å². The molecular weight excluding hydrogens is 384 g/mol. The topological polar surface area (TPSA) is 78.3 Å². The Labute approximate surface area is 176 Å². The highest BCUT2D eigenvalue weighted by molar-refractivity contribution is 5.77. The molecule has 0 aliphatic carbocycles. The van der Waals surface area contributed by atoms with Gasteiger partial charge in [0.25, 0.3) is 5.91 Å². The molecule has 1 amide bonds. The molecule has 0 fully saturated rings. The summed E-state index contributed by atoms with van der Waals surface area (Å²) in [6.45, 7) is 1.50. The number of quaternary nitrogens is 1. The van der Waals surface area contributed by atoms with Crippen LogP contribution in [0.4, 0.5) is 0 Å². The molecule has 0 aromatic heterocycles. The molecule has 0 bridgehead atoms. The third-order valence-electron chi connectivity index (χ3n) is 5.55. The number of nitrogens with one attached hydrogen (secondary N) is 2. The molecule has 0 radical (unpaired) electrons. The van der Waals surface area contributed by atoms with Gasteiger partial charge < -0.3 is 24.4 Å². The molecular formula is C23H29N2O5+. The van der Waals surface area contributed by atoms with Gasteiger partial charge in [-0.15, -0.1) is 0 Å². The van der Waals surface area contributed by atoms with Crippen molar-refractivity contribution in [1.29, 1.82) is 0 Å². The second kappa shape index (κ2) is 10.1. The quantitative estimate of drug-likeness (QED) is 0.633. The molecule has 7 nitrogen and oxygen atoms in total. The van der Waals surface area contributed by atoms with Crippen LogP contribution in [0.3, 0.4) is 0 Å². The predicted octanol–water partition coefficient (Wildman–Crippen LogP) is 1.07. The van der Waals surface area contributed by atoms with E-state index in [0.29, 0.717) is 18.0 Å². The first-order chi connectivity index (χ1) is 14.5. The van der Waals surface area contributed by atoms with E-state index in [0.717, 1.165) is 34.6 Å². The van der Waals surface area contributed by atoms with Crippen LogP contribution in [0.2, 0.25) is 0 Å². The van der Waals surface area contributed by atoms with Crippen molar-refractivity contribution in [3.63, 3.8) is 0 Å². The van der Waals surface area contributed by atoms with Crippen LogP contribution in [-0.2, 0) is 27.3 Å². The number of methoxy groups -OCH3 is 3. The zero-order valence-electron chi connectivity index (χ0n) is 17.7. The summed E-state index contributed by atoms with van der Waals surface area (Å²) in [4.78, 5) is 25.8. The highest BCUT2D eigenvalue weighted by Gasteiger charge is 2.35. The highest BCUT2D eigenvalue weighted by Crippen LogP contribution is 2.35. The lowest BCUT2D eigenvalue weighted by Gasteiger charge is -2.34. The van der Waals surface area contributed by atoms with E-state index in [1.807, 2.05) is 42.5 Å². The van der Waals surface area contributed by atoms with Gasteiger partial charge >= 0.3 is 5.97 Å². The zero-order valence-corrected chi connectivity index (χ0v) is 17.7. The predicted molar refractivity (Wildman–Crippen MR) is 112 cm³/mol. The van der Waals surface area contributed by atoms with Crippen LogP contribution in [0.1, 0.15) is 29.2 Å². The van der Waals surface area contributed by atoms with Crippen LogP contribution in [0.25, 0.3) is 0 Å². The van der Waals surface area contributed by atoms with E-state index in [9.17, 15) is 9.59 Å². The Kier molecular flexibility index (Phi) is 7.30. The van der Waals surface area contributed by atoms with Crippen LogP contribution >= 0.6 is 0 Å². The fraction of sp³-hybridized carbons (Fsp3) is 0.391. The lowest BCUT2D eigenvalue weighted by Crippen LogP contribution is -3.14. The number of fused-ring (bicyclic) bond motifs is 1. The number of benzene rings is 2. The van der Waals surface area contributed by atoms with E-state index in [-0.39, 0.29) is 30.9 Å². The van der Waals surface area contributed by atoms with Gasteiger partial charge in [-0.1, -0.05) is 30.3 Å². The number of esters is 1. The molecule has 2 aromatic rings. The Balaban J connectivity index is 1.78.